The second kappa shape index (κ2) is 6.97. The van der Waals surface area contributed by atoms with Gasteiger partial charge in [-0.15, -0.1) is 11.3 Å². The second-order valence-corrected chi connectivity index (χ2v) is 6.57. The van der Waals surface area contributed by atoms with Crippen molar-refractivity contribution in [2.75, 3.05) is 6.54 Å². The van der Waals surface area contributed by atoms with E-state index in [9.17, 15) is 4.79 Å². The standard InChI is InChI=1S/C18H19N3O2S/c1-4-21(18(22)14-10-12(2)7-8-13(14)3)11-16-19-17(20-23-16)15-6-5-9-24-15/h5-10H,4,11H2,1-3H3. The minimum atomic E-state index is -0.0189. The average Bonchev–Trinajstić information content (AvgIpc) is 3.25. The summed E-state index contributed by atoms with van der Waals surface area (Å²) < 4.78 is 5.31. The fourth-order valence-electron chi connectivity index (χ4n) is 2.45. The summed E-state index contributed by atoms with van der Waals surface area (Å²) in [5.74, 6) is 0.990. The normalized spacial score (nSPS) is 10.8. The number of hydrogen-bond donors (Lipinski definition) is 0. The smallest absolute Gasteiger partial charge is 0.254 e. The van der Waals surface area contributed by atoms with Gasteiger partial charge >= 0.3 is 0 Å². The van der Waals surface area contributed by atoms with Gasteiger partial charge < -0.3 is 9.42 Å². The molecule has 6 heteroatoms. The van der Waals surface area contributed by atoms with Crippen LogP contribution in [-0.2, 0) is 6.54 Å². The Hall–Kier alpha value is -2.47. The largest absolute Gasteiger partial charge is 0.337 e. The Morgan fingerprint density at radius 3 is 2.83 bits per heavy atom. The lowest BCUT2D eigenvalue weighted by Crippen LogP contribution is -2.31. The summed E-state index contributed by atoms with van der Waals surface area (Å²) in [6.07, 6.45) is 0. The average molecular weight is 341 g/mol. The summed E-state index contributed by atoms with van der Waals surface area (Å²) >= 11 is 1.56. The monoisotopic (exact) mass is 341 g/mol. The molecule has 3 rings (SSSR count). The van der Waals surface area contributed by atoms with Crippen molar-refractivity contribution in [3.05, 3.63) is 58.3 Å². The minimum Gasteiger partial charge on any atom is -0.337 e. The SMILES string of the molecule is CCN(Cc1nc(-c2cccs2)no1)C(=O)c1cc(C)ccc1C. The van der Waals surface area contributed by atoms with Gasteiger partial charge in [-0.05, 0) is 43.8 Å². The van der Waals surface area contributed by atoms with Crippen LogP contribution in [0.15, 0.2) is 40.2 Å². The first-order valence-corrected chi connectivity index (χ1v) is 8.69. The number of nitrogens with zero attached hydrogens (tertiary/aromatic N) is 3. The number of carbonyl (C=O) groups excluding carboxylic acids is 1. The molecule has 3 aromatic rings. The second-order valence-electron chi connectivity index (χ2n) is 5.63. The minimum absolute atomic E-state index is 0.0189. The maximum Gasteiger partial charge on any atom is 0.254 e. The molecular formula is C18H19N3O2S. The van der Waals surface area contributed by atoms with Gasteiger partial charge in [0.15, 0.2) is 0 Å². The van der Waals surface area contributed by atoms with Crippen molar-refractivity contribution in [2.24, 2.45) is 0 Å². The Morgan fingerprint density at radius 2 is 2.12 bits per heavy atom. The van der Waals surface area contributed by atoms with E-state index in [1.807, 2.05) is 56.5 Å². The predicted molar refractivity (Wildman–Crippen MR) is 93.9 cm³/mol. The molecule has 1 aromatic carbocycles. The summed E-state index contributed by atoms with van der Waals surface area (Å²) in [4.78, 5) is 19.9. The molecule has 0 saturated carbocycles. The molecule has 0 fully saturated rings. The third-order valence-corrected chi connectivity index (χ3v) is 4.69. The third kappa shape index (κ3) is 3.38. The summed E-state index contributed by atoms with van der Waals surface area (Å²) in [6, 6.07) is 9.79. The van der Waals surface area contributed by atoms with Crippen LogP contribution in [-0.4, -0.2) is 27.5 Å². The van der Waals surface area contributed by atoms with Crippen molar-refractivity contribution < 1.29 is 9.32 Å². The maximum atomic E-state index is 12.8. The van der Waals surface area contributed by atoms with Crippen molar-refractivity contribution in [3.8, 4) is 10.7 Å². The van der Waals surface area contributed by atoms with E-state index >= 15 is 0 Å². The quantitative estimate of drug-likeness (QED) is 0.702. The lowest BCUT2D eigenvalue weighted by atomic mass is 10.0. The van der Waals surface area contributed by atoms with Gasteiger partial charge in [0, 0.05) is 12.1 Å². The molecule has 0 unspecified atom stereocenters. The van der Waals surface area contributed by atoms with E-state index in [-0.39, 0.29) is 5.91 Å². The Bertz CT molecular complexity index is 840. The molecular weight excluding hydrogens is 322 g/mol. The van der Waals surface area contributed by atoms with Crippen molar-refractivity contribution in [2.45, 2.75) is 27.3 Å². The van der Waals surface area contributed by atoms with Crippen LogP contribution in [0.25, 0.3) is 10.7 Å². The van der Waals surface area contributed by atoms with Crippen molar-refractivity contribution >= 4 is 17.2 Å². The third-order valence-electron chi connectivity index (χ3n) is 3.83. The molecule has 0 aliphatic rings. The van der Waals surface area contributed by atoms with Crippen LogP contribution in [0.5, 0.6) is 0 Å². The van der Waals surface area contributed by atoms with Gasteiger partial charge in [-0.25, -0.2) is 0 Å². The van der Waals surface area contributed by atoms with Gasteiger partial charge in [0.25, 0.3) is 5.91 Å². The fraction of sp³-hybridized carbons (Fsp3) is 0.278. The van der Waals surface area contributed by atoms with Crippen LogP contribution in [0.3, 0.4) is 0 Å². The predicted octanol–water partition coefficient (Wildman–Crippen LogP) is 4.08. The Labute approximate surface area is 144 Å². The van der Waals surface area contributed by atoms with Crippen LogP contribution < -0.4 is 0 Å². The van der Waals surface area contributed by atoms with E-state index in [1.165, 1.54) is 0 Å². The zero-order chi connectivity index (χ0) is 17.1. The van der Waals surface area contributed by atoms with Gasteiger partial charge in [-0.3, -0.25) is 4.79 Å². The topological polar surface area (TPSA) is 59.2 Å². The lowest BCUT2D eigenvalue weighted by Gasteiger charge is -2.20. The molecule has 2 heterocycles. The molecule has 0 radical (unpaired) electrons. The zero-order valence-corrected chi connectivity index (χ0v) is 14.8. The maximum absolute atomic E-state index is 12.8. The van der Waals surface area contributed by atoms with E-state index in [0.717, 1.165) is 21.6 Å². The highest BCUT2D eigenvalue weighted by molar-refractivity contribution is 7.13. The highest BCUT2D eigenvalue weighted by atomic mass is 32.1. The van der Waals surface area contributed by atoms with Gasteiger partial charge in [0.2, 0.25) is 11.7 Å². The van der Waals surface area contributed by atoms with Crippen molar-refractivity contribution in [1.82, 2.24) is 15.0 Å². The molecule has 5 nitrogen and oxygen atoms in total. The van der Waals surface area contributed by atoms with Gasteiger partial charge in [0.05, 0.1) is 4.88 Å². The molecule has 0 aliphatic heterocycles. The van der Waals surface area contributed by atoms with Crippen LogP contribution in [0.4, 0.5) is 0 Å². The number of benzene rings is 1. The highest BCUT2D eigenvalue weighted by Crippen LogP contribution is 2.22. The van der Waals surface area contributed by atoms with E-state index in [2.05, 4.69) is 10.1 Å². The van der Waals surface area contributed by atoms with Crippen molar-refractivity contribution in [3.63, 3.8) is 0 Å². The molecule has 0 spiro atoms. The summed E-state index contributed by atoms with van der Waals surface area (Å²) in [5.41, 5.74) is 2.75. The first-order chi connectivity index (χ1) is 11.6. The zero-order valence-electron chi connectivity index (χ0n) is 13.9. The molecule has 2 aromatic heterocycles. The van der Waals surface area contributed by atoms with Gasteiger partial charge in [0.1, 0.15) is 6.54 Å². The number of carbonyl (C=O) groups is 1. The number of hydrogen-bond acceptors (Lipinski definition) is 5. The molecule has 0 bridgehead atoms. The Kier molecular flexibility index (Phi) is 4.76. The fourth-order valence-corrected chi connectivity index (χ4v) is 3.10. The molecule has 124 valence electrons. The number of aromatic nitrogens is 2. The first-order valence-electron chi connectivity index (χ1n) is 7.81. The van der Waals surface area contributed by atoms with E-state index in [0.29, 0.717) is 24.8 Å². The van der Waals surface area contributed by atoms with E-state index in [1.54, 1.807) is 16.2 Å². The summed E-state index contributed by atoms with van der Waals surface area (Å²) in [5, 5.41) is 5.96. The molecule has 0 aliphatic carbocycles. The van der Waals surface area contributed by atoms with Gasteiger partial charge in [-0.1, -0.05) is 28.9 Å². The number of aryl methyl sites for hydroxylation is 2. The molecule has 24 heavy (non-hydrogen) atoms. The first kappa shape index (κ1) is 16.4. The Balaban J connectivity index is 1.79. The highest BCUT2D eigenvalue weighted by Gasteiger charge is 2.20. The number of rotatable bonds is 5. The lowest BCUT2D eigenvalue weighted by molar-refractivity contribution is 0.0733. The summed E-state index contributed by atoms with van der Waals surface area (Å²) in [7, 11) is 0. The Morgan fingerprint density at radius 1 is 1.29 bits per heavy atom. The van der Waals surface area contributed by atoms with Crippen molar-refractivity contribution in [1.29, 1.82) is 0 Å². The van der Waals surface area contributed by atoms with Crippen LogP contribution in [0, 0.1) is 13.8 Å². The molecule has 0 saturated heterocycles. The van der Waals surface area contributed by atoms with Gasteiger partial charge in [-0.2, -0.15) is 4.98 Å². The summed E-state index contributed by atoms with van der Waals surface area (Å²) in [6.45, 7) is 6.75. The van der Waals surface area contributed by atoms with E-state index < -0.39 is 0 Å². The van der Waals surface area contributed by atoms with E-state index in [4.69, 9.17) is 4.52 Å². The van der Waals surface area contributed by atoms with Crippen LogP contribution in [0.2, 0.25) is 0 Å². The van der Waals surface area contributed by atoms with Crippen LogP contribution >= 0.6 is 11.3 Å². The molecule has 0 atom stereocenters. The molecule has 0 N–H and O–H groups in total. The number of amides is 1. The number of thiophene rings is 1. The molecule has 1 amide bonds. The van der Waals surface area contributed by atoms with Crippen LogP contribution in [0.1, 0.15) is 34.3 Å².